The lowest BCUT2D eigenvalue weighted by molar-refractivity contribution is -0.146. The van der Waals surface area contributed by atoms with Gasteiger partial charge in [-0.05, 0) is 61.9 Å². The molecule has 19 heavy (non-hydrogen) atoms. The van der Waals surface area contributed by atoms with Gasteiger partial charge >= 0.3 is 5.97 Å². The fraction of sp³-hybridized carbons (Fsp3) is 0.562. The number of nitrogens with two attached hydrogens (primary N) is 1. The van der Waals surface area contributed by atoms with Crippen LogP contribution in [-0.2, 0) is 9.53 Å². The maximum absolute atomic E-state index is 11.8. The number of rotatable bonds is 4. The third-order valence-electron chi connectivity index (χ3n) is 4.13. The minimum absolute atomic E-state index is 0.229. The highest BCUT2D eigenvalue weighted by Crippen LogP contribution is 2.31. The molecule has 2 N–H and O–H groups in total. The summed E-state index contributed by atoms with van der Waals surface area (Å²) in [4.78, 5) is 11.8. The second-order valence-corrected chi connectivity index (χ2v) is 5.24. The van der Waals surface area contributed by atoms with Gasteiger partial charge in [0.15, 0.2) is 0 Å². The molecule has 0 fully saturated rings. The second kappa shape index (κ2) is 6.20. The van der Waals surface area contributed by atoms with Crippen molar-refractivity contribution in [3.8, 4) is 0 Å². The Balaban J connectivity index is 3.32. The number of carbonyl (C=O) groups excluding carboxylic acids is 1. The number of carbonyl (C=O) groups is 1. The number of aryl methyl sites for hydroxylation is 2. The SMILES string of the molecule is CCC(C(=O)OC)C(N)c1c(C)c(C)cc(C)c1C. The summed E-state index contributed by atoms with van der Waals surface area (Å²) < 4.78 is 4.87. The maximum Gasteiger partial charge on any atom is 0.310 e. The molecule has 0 aliphatic carbocycles. The van der Waals surface area contributed by atoms with Gasteiger partial charge in [-0.3, -0.25) is 4.79 Å². The van der Waals surface area contributed by atoms with Crippen LogP contribution in [0.3, 0.4) is 0 Å². The van der Waals surface area contributed by atoms with Crippen LogP contribution < -0.4 is 5.73 Å². The highest BCUT2D eigenvalue weighted by atomic mass is 16.5. The van der Waals surface area contributed by atoms with E-state index in [4.69, 9.17) is 10.5 Å². The Morgan fingerprint density at radius 1 is 1.21 bits per heavy atom. The maximum atomic E-state index is 11.8. The van der Waals surface area contributed by atoms with Crippen molar-refractivity contribution in [2.45, 2.75) is 47.1 Å². The lowest BCUT2D eigenvalue weighted by Gasteiger charge is -2.26. The fourth-order valence-corrected chi connectivity index (χ4v) is 2.67. The Labute approximate surface area is 116 Å². The summed E-state index contributed by atoms with van der Waals surface area (Å²) in [7, 11) is 1.42. The van der Waals surface area contributed by atoms with E-state index in [0.29, 0.717) is 6.42 Å². The van der Waals surface area contributed by atoms with Crippen molar-refractivity contribution < 1.29 is 9.53 Å². The number of esters is 1. The van der Waals surface area contributed by atoms with Crippen LogP contribution in [0.1, 0.15) is 47.2 Å². The number of methoxy groups -OCH3 is 1. The average molecular weight is 263 g/mol. The molecule has 1 rings (SSSR count). The van der Waals surface area contributed by atoms with Crippen LogP contribution in [0.25, 0.3) is 0 Å². The molecule has 0 saturated carbocycles. The second-order valence-electron chi connectivity index (χ2n) is 5.24. The average Bonchev–Trinajstić information content (AvgIpc) is 2.37. The van der Waals surface area contributed by atoms with Gasteiger partial charge in [-0.1, -0.05) is 13.0 Å². The number of hydrogen-bond donors (Lipinski definition) is 1. The van der Waals surface area contributed by atoms with Crippen molar-refractivity contribution in [3.63, 3.8) is 0 Å². The number of benzene rings is 1. The van der Waals surface area contributed by atoms with Crippen LogP contribution >= 0.6 is 0 Å². The Morgan fingerprint density at radius 3 is 2.05 bits per heavy atom. The minimum Gasteiger partial charge on any atom is -0.469 e. The Bertz CT molecular complexity index is 454. The molecule has 0 radical (unpaired) electrons. The van der Waals surface area contributed by atoms with Crippen LogP contribution in [0, 0.1) is 33.6 Å². The van der Waals surface area contributed by atoms with Crippen molar-refractivity contribution in [1.29, 1.82) is 0 Å². The standard InChI is InChI=1S/C16H25NO2/c1-7-13(16(18)19-6)15(17)14-11(4)9(2)8-10(3)12(14)5/h8,13,15H,7,17H2,1-6H3. The van der Waals surface area contributed by atoms with E-state index >= 15 is 0 Å². The zero-order chi connectivity index (χ0) is 14.7. The largest absolute Gasteiger partial charge is 0.469 e. The smallest absolute Gasteiger partial charge is 0.310 e. The Kier molecular flexibility index (Phi) is 5.12. The van der Waals surface area contributed by atoms with Gasteiger partial charge in [0.2, 0.25) is 0 Å². The summed E-state index contributed by atoms with van der Waals surface area (Å²) in [5.41, 5.74) is 12.2. The van der Waals surface area contributed by atoms with Gasteiger partial charge in [0.05, 0.1) is 13.0 Å². The minimum atomic E-state index is -0.309. The lowest BCUT2D eigenvalue weighted by Crippen LogP contribution is -2.30. The van der Waals surface area contributed by atoms with Crippen molar-refractivity contribution in [3.05, 3.63) is 33.9 Å². The predicted octanol–water partition coefficient (Wildman–Crippen LogP) is 3.12. The van der Waals surface area contributed by atoms with E-state index in [1.807, 2.05) is 6.92 Å². The monoisotopic (exact) mass is 263 g/mol. The molecule has 1 aromatic rings. The first-order chi connectivity index (χ1) is 8.84. The van der Waals surface area contributed by atoms with Gasteiger partial charge in [-0.2, -0.15) is 0 Å². The summed E-state index contributed by atoms with van der Waals surface area (Å²) in [5, 5.41) is 0. The topological polar surface area (TPSA) is 52.3 Å². The molecule has 0 spiro atoms. The molecule has 2 unspecified atom stereocenters. The van der Waals surface area contributed by atoms with E-state index in [9.17, 15) is 4.79 Å². The summed E-state index contributed by atoms with van der Waals surface area (Å²) in [6.45, 7) is 10.3. The van der Waals surface area contributed by atoms with Crippen LogP contribution in [0.4, 0.5) is 0 Å². The van der Waals surface area contributed by atoms with Gasteiger partial charge in [-0.25, -0.2) is 0 Å². The normalized spacial score (nSPS) is 14.1. The van der Waals surface area contributed by atoms with Gasteiger partial charge in [0.1, 0.15) is 0 Å². The third-order valence-corrected chi connectivity index (χ3v) is 4.13. The molecule has 0 aliphatic heterocycles. The molecule has 0 heterocycles. The van der Waals surface area contributed by atoms with E-state index in [-0.39, 0.29) is 17.9 Å². The Morgan fingerprint density at radius 2 is 1.68 bits per heavy atom. The molecule has 0 bridgehead atoms. The van der Waals surface area contributed by atoms with Gasteiger partial charge in [-0.15, -0.1) is 0 Å². The lowest BCUT2D eigenvalue weighted by atomic mass is 9.83. The molecule has 106 valence electrons. The number of hydrogen-bond acceptors (Lipinski definition) is 3. The van der Waals surface area contributed by atoms with Crippen LogP contribution in [0.5, 0.6) is 0 Å². The van der Waals surface area contributed by atoms with E-state index in [2.05, 4.69) is 33.8 Å². The van der Waals surface area contributed by atoms with Gasteiger partial charge in [0, 0.05) is 6.04 Å². The summed E-state index contributed by atoms with van der Waals surface area (Å²) in [5.74, 6) is -0.517. The van der Waals surface area contributed by atoms with E-state index in [1.54, 1.807) is 0 Å². The number of ether oxygens (including phenoxy) is 1. The van der Waals surface area contributed by atoms with Gasteiger partial charge in [0.25, 0.3) is 0 Å². The van der Waals surface area contributed by atoms with Crippen molar-refractivity contribution in [2.24, 2.45) is 11.7 Å². The molecule has 0 aliphatic rings. The predicted molar refractivity (Wildman–Crippen MR) is 78.1 cm³/mol. The molecule has 0 aromatic heterocycles. The molecular weight excluding hydrogens is 238 g/mol. The van der Waals surface area contributed by atoms with Crippen LogP contribution in [-0.4, -0.2) is 13.1 Å². The molecule has 0 saturated heterocycles. The van der Waals surface area contributed by atoms with E-state index in [0.717, 1.165) is 5.56 Å². The third kappa shape index (κ3) is 2.98. The zero-order valence-electron chi connectivity index (χ0n) is 12.8. The molecule has 2 atom stereocenters. The summed E-state index contributed by atoms with van der Waals surface area (Å²) in [6.07, 6.45) is 0.680. The van der Waals surface area contributed by atoms with E-state index < -0.39 is 0 Å². The summed E-state index contributed by atoms with van der Waals surface area (Å²) >= 11 is 0. The Hall–Kier alpha value is -1.35. The molecule has 0 amide bonds. The first kappa shape index (κ1) is 15.7. The zero-order valence-corrected chi connectivity index (χ0v) is 12.8. The van der Waals surface area contributed by atoms with Gasteiger partial charge < -0.3 is 10.5 Å². The first-order valence-electron chi connectivity index (χ1n) is 6.75. The quantitative estimate of drug-likeness (QED) is 0.849. The summed E-state index contributed by atoms with van der Waals surface area (Å²) in [6, 6.07) is 1.86. The van der Waals surface area contributed by atoms with Crippen molar-refractivity contribution in [1.82, 2.24) is 0 Å². The van der Waals surface area contributed by atoms with Crippen LogP contribution in [0.15, 0.2) is 6.07 Å². The fourth-order valence-electron chi connectivity index (χ4n) is 2.67. The molecule has 3 heteroatoms. The molecule has 3 nitrogen and oxygen atoms in total. The first-order valence-corrected chi connectivity index (χ1v) is 6.75. The van der Waals surface area contributed by atoms with Crippen molar-refractivity contribution in [2.75, 3.05) is 7.11 Å². The van der Waals surface area contributed by atoms with Crippen LogP contribution in [0.2, 0.25) is 0 Å². The molecule has 1 aromatic carbocycles. The highest BCUT2D eigenvalue weighted by molar-refractivity contribution is 5.73. The van der Waals surface area contributed by atoms with E-state index in [1.165, 1.54) is 29.4 Å². The van der Waals surface area contributed by atoms with Crippen molar-refractivity contribution >= 4 is 5.97 Å². The molecular formula is C16H25NO2. The highest BCUT2D eigenvalue weighted by Gasteiger charge is 2.28.